The molecular weight excluding hydrogens is 160 g/mol. The highest BCUT2D eigenvalue weighted by Gasteiger charge is 2.07. The fraction of sp³-hybridized carbons (Fsp3) is 0.125. The Morgan fingerprint density at radius 2 is 1.92 bits per heavy atom. The fourth-order valence-electron chi connectivity index (χ4n) is 0.803. The van der Waals surface area contributed by atoms with Gasteiger partial charge < -0.3 is 20.1 Å². The van der Waals surface area contributed by atoms with Gasteiger partial charge in [-0.05, 0) is 17.7 Å². The van der Waals surface area contributed by atoms with E-state index in [1.165, 1.54) is 12.1 Å². The molecule has 0 amide bonds. The Labute approximate surface area is 68.7 Å². The van der Waals surface area contributed by atoms with E-state index in [0.29, 0.717) is 6.29 Å². The molecule has 1 aromatic rings. The first-order chi connectivity index (χ1) is 5.65. The van der Waals surface area contributed by atoms with Crippen LogP contribution in [0.5, 0.6) is 11.5 Å². The van der Waals surface area contributed by atoms with Crippen LogP contribution in [0.15, 0.2) is 18.2 Å². The number of aldehydes is 1. The highest BCUT2D eigenvalue weighted by atomic mass is 16.3. The molecule has 1 aromatic carbocycles. The van der Waals surface area contributed by atoms with Gasteiger partial charge in [-0.2, -0.15) is 0 Å². The molecule has 1 atom stereocenters. The van der Waals surface area contributed by atoms with Gasteiger partial charge in [0.2, 0.25) is 0 Å². The number of aliphatic hydroxyl groups is 1. The Morgan fingerprint density at radius 1 is 1.25 bits per heavy atom. The summed E-state index contributed by atoms with van der Waals surface area (Å²) >= 11 is 0. The van der Waals surface area contributed by atoms with Gasteiger partial charge in [0.15, 0.2) is 17.8 Å². The third-order valence-electron chi connectivity index (χ3n) is 1.47. The summed E-state index contributed by atoms with van der Waals surface area (Å²) in [5.74, 6) is -0.634. The average Bonchev–Trinajstić information content (AvgIpc) is 2.08. The smallest absolute Gasteiger partial charge is 0.157 e. The van der Waals surface area contributed by atoms with Crippen LogP contribution < -0.4 is 0 Å². The van der Waals surface area contributed by atoms with E-state index >= 15 is 0 Å². The maximum absolute atomic E-state index is 10.1. The minimum absolute atomic E-state index is 0.250. The number of carbonyl (C=O) groups is 1. The molecule has 12 heavy (non-hydrogen) atoms. The van der Waals surface area contributed by atoms with Crippen molar-refractivity contribution in [3.05, 3.63) is 23.8 Å². The van der Waals surface area contributed by atoms with Crippen molar-refractivity contribution in [1.29, 1.82) is 0 Å². The minimum atomic E-state index is -1.25. The average molecular weight is 168 g/mol. The molecule has 0 saturated carbocycles. The van der Waals surface area contributed by atoms with Crippen LogP contribution in [0.4, 0.5) is 0 Å². The van der Waals surface area contributed by atoms with Gasteiger partial charge in [0.25, 0.3) is 0 Å². The number of rotatable bonds is 2. The zero-order valence-electron chi connectivity index (χ0n) is 6.14. The topological polar surface area (TPSA) is 77.8 Å². The van der Waals surface area contributed by atoms with Crippen molar-refractivity contribution in [3.8, 4) is 11.5 Å². The number of phenolic OH excluding ortho intramolecular Hbond substituents is 2. The van der Waals surface area contributed by atoms with Crippen molar-refractivity contribution < 1.29 is 20.1 Å². The molecule has 4 heteroatoms. The first kappa shape index (κ1) is 8.55. The molecule has 0 heterocycles. The first-order valence-corrected chi connectivity index (χ1v) is 3.30. The summed E-state index contributed by atoms with van der Waals surface area (Å²) in [5.41, 5.74) is 0.250. The molecule has 0 unspecified atom stereocenters. The van der Waals surface area contributed by atoms with Crippen LogP contribution in [0.1, 0.15) is 11.7 Å². The quantitative estimate of drug-likeness (QED) is 0.439. The summed E-state index contributed by atoms with van der Waals surface area (Å²) in [6, 6.07) is 3.69. The Kier molecular flexibility index (Phi) is 2.30. The van der Waals surface area contributed by atoms with E-state index in [4.69, 9.17) is 15.3 Å². The molecule has 0 fully saturated rings. The minimum Gasteiger partial charge on any atom is -0.504 e. The van der Waals surface area contributed by atoms with Crippen molar-refractivity contribution >= 4 is 6.29 Å². The highest BCUT2D eigenvalue weighted by molar-refractivity contribution is 5.60. The maximum Gasteiger partial charge on any atom is 0.157 e. The standard InChI is InChI=1S/C8H8O4/c9-4-8(12)5-1-2-6(10)7(11)3-5/h1-4,8,10-12H/t8-/m0/s1. The number of benzene rings is 1. The lowest BCUT2D eigenvalue weighted by molar-refractivity contribution is -0.115. The summed E-state index contributed by atoms with van der Waals surface area (Å²) < 4.78 is 0. The normalized spacial score (nSPS) is 12.4. The lowest BCUT2D eigenvalue weighted by Crippen LogP contribution is -1.97. The predicted octanol–water partition coefficient (Wildman–Crippen LogP) is 0.330. The summed E-state index contributed by atoms with van der Waals surface area (Å²) in [6.45, 7) is 0. The third-order valence-corrected chi connectivity index (χ3v) is 1.47. The molecule has 1 rings (SSSR count). The second-order valence-corrected chi connectivity index (χ2v) is 2.33. The number of aliphatic hydroxyl groups excluding tert-OH is 1. The van der Waals surface area contributed by atoms with E-state index in [0.717, 1.165) is 6.07 Å². The van der Waals surface area contributed by atoms with E-state index in [9.17, 15) is 4.79 Å². The fourth-order valence-corrected chi connectivity index (χ4v) is 0.803. The van der Waals surface area contributed by atoms with Crippen LogP contribution in [-0.2, 0) is 4.79 Å². The van der Waals surface area contributed by atoms with E-state index in [1.807, 2.05) is 0 Å². The first-order valence-electron chi connectivity index (χ1n) is 3.30. The number of hydrogen-bond donors (Lipinski definition) is 3. The van der Waals surface area contributed by atoms with Crippen molar-refractivity contribution in [3.63, 3.8) is 0 Å². The molecule has 4 nitrogen and oxygen atoms in total. The van der Waals surface area contributed by atoms with E-state index in [2.05, 4.69) is 0 Å². The Balaban J connectivity index is 3.04. The second-order valence-electron chi connectivity index (χ2n) is 2.33. The zero-order valence-corrected chi connectivity index (χ0v) is 6.14. The van der Waals surface area contributed by atoms with Crippen molar-refractivity contribution in [2.24, 2.45) is 0 Å². The van der Waals surface area contributed by atoms with Crippen LogP contribution in [0.25, 0.3) is 0 Å². The van der Waals surface area contributed by atoms with Gasteiger partial charge in [-0.25, -0.2) is 0 Å². The molecular formula is C8H8O4. The summed E-state index contributed by atoms with van der Waals surface area (Å²) in [7, 11) is 0. The number of hydrogen-bond acceptors (Lipinski definition) is 4. The van der Waals surface area contributed by atoms with Crippen LogP contribution >= 0.6 is 0 Å². The number of aromatic hydroxyl groups is 2. The Bertz CT molecular complexity index is 295. The van der Waals surface area contributed by atoms with Gasteiger partial charge in [-0.1, -0.05) is 6.07 Å². The van der Waals surface area contributed by atoms with Crippen molar-refractivity contribution in [2.45, 2.75) is 6.10 Å². The van der Waals surface area contributed by atoms with Gasteiger partial charge in [0.1, 0.15) is 6.10 Å². The van der Waals surface area contributed by atoms with Crippen LogP contribution in [0.3, 0.4) is 0 Å². The second kappa shape index (κ2) is 3.23. The lowest BCUT2D eigenvalue weighted by atomic mass is 10.1. The SMILES string of the molecule is O=C[C@H](O)c1ccc(O)c(O)c1. The van der Waals surface area contributed by atoms with Crippen molar-refractivity contribution in [2.75, 3.05) is 0 Å². The molecule has 3 N–H and O–H groups in total. The van der Waals surface area contributed by atoms with Crippen LogP contribution in [0, 0.1) is 0 Å². The largest absolute Gasteiger partial charge is 0.504 e. The van der Waals surface area contributed by atoms with Crippen molar-refractivity contribution in [1.82, 2.24) is 0 Å². The lowest BCUT2D eigenvalue weighted by Gasteiger charge is -2.04. The number of phenols is 2. The summed E-state index contributed by atoms with van der Waals surface area (Å²) in [4.78, 5) is 10.1. The molecule has 0 aliphatic carbocycles. The Hall–Kier alpha value is -1.55. The van der Waals surface area contributed by atoms with Crippen LogP contribution in [0.2, 0.25) is 0 Å². The van der Waals surface area contributed by atoms with Gasteiger partial charge in [0, 0.05) is 0 Å². The van der Waals surface area contributed by atoms with Gasteiger partial charge >= 0.3 is 0 Å². The molecule has 64 valence electrons. The van der Waals surface area contributed by atoms with Crippen LogP contribution in [-0.4, -0.2) is 21.6 Å². The van der Waals surface area contributed by atoms with E-state index < -0.39 is 6.10 Å². The zero-order chi connectivity index (χ0) is 9.14. The monoisotopic (exact) mass is 168 g/mol. The third kappa shape index (κ3) is 1.54. The predicted molar refractivity (Wildman–Crippen MR) is 40.8 cm³/mol. The summed E-state index contributed by atoms with van der Waals surface area (Å²) in [5, 5.41) is 26.8. The molecule has 0 bridgehead atoms. The van der Waals surface area contributed by atoms with E-state index in [-0.39, 0.29) is 17.1 Å². The van der Waals surface area contributed by atoms with E-state index in [1.54, 1.807) is 0 Å². The van der Waals surface area contributed by atoms with Gasteiger partial charge in [0.05, 0.1) is 0 Å². The molecule has 0 aliphatic rings. The summed E-state index contributed by atoms with van der Waals surface area (Å²) in [6.07, 6.45) is -0.914. The Morgan fingerprint density at radius 3 is 2.42 bits per heavy atom. The molecule has 0 spiro atoms. The van der Waals surface area contributed by atoms with Gasteiger partial charge in [-0.3, -0.25) is 0 Å². The molecule has 0 saturated heterocycles. The molecule has 0 aromatic heterocycles. The number of carbonyl (C=O) groups excluding carboxylic acids is 1. The van der Waals surface area contributed by atoms with Gasteiger partial charge in [-0.15, -0.1) is 0 Å². The maximum atomic E-state index is 10.1. The highest BCUT2D eigenvalue weighted by Crippen LogP contribution is 2.26. The molecule has 0 radical (unpaired) electrons. The molecule has 0 aliphatic heterocycles.